The number of rotatable bonds is 10. The second-order valence-corrected chi connectivity index (χ2v) is 13.1. The van der Waals surface area contributed by atoms with Gasteiger partial charge in [-0.15, -0.1) is 0 Å². The van der Waals surface area contributed by atoms with Gasteiger partial charge >= 0.3 is 0 Å². The van der Waals surface area contributed by atoms with Crippen LogP contribution in [0.3, 0.4) is 0 Å². The zero-order chi connectivity index (χ0) is 29.6. The van der Waals surface area contributed by atoms with Crippen molar-refractivity contribution < 1.29 is 18.0 Å². The number of nitrogens with zero attached hydrogens (tertiary/aromatic N) is 2. The molecule has 1 atom stereocenters. The molecule has 0 heterocycles. The molecule has 4 rings (SSSR count). The van der Waals surface area contributed by atoms with Gasteiger partial charge in [0.2, 0.25) is 11.8 Å². The molecule has 0 saturated heterocycles. The van der Waals surface area contributed by atoms with Gasteiger partial charge in [0.05, 0.1) is 10.6 Å². The number of carbonyl (C=O) groups is 2. The van der Waals surface area contributed by atoms with Crippen LogP contribution in [-0.4, -0.2) is 43.8 Å². The summed E-state index contributed by atoms with van der Waals surface area (Å²) in [5.74, 6) is -0.723. The smallest absolute Gasteiger partial charge is 0.264 e. The van der Waals surface area contributed by atoms with E-state index in [0.717, 1.165) is 53.1 Å². The Morgan fingerprint density at radius 2 is 1.44 bits per heavy atom. The number of aryl methyl sites for hydroxylation is 2. The number of hydrogen-bond acceptors (Lipinski definition) is 4. The molecule has 1 fully saturated rings. The molecule has 3 aromatic carbocycles. The molecule has 1 aliphatic carbocycles. The Morgan fingerprint density at radius 1 is 0.878 bits per heavy atom. The van der Waals surface area contributed by atoms with Crippen molar-refractivity contribution in [3.05, 3.63) is 94.5 Å². The van der Waals surface area contributed by atoms with Crippen molar-refractivity contribution >= 4 is 39.1 Å². The maximum Gasteiger partial charge on any atom is 0.264 e. The highest BCUT2D eigenvalue weighted by Crippen LogP contribution is 2.26. The minimum Gasteiger partial charge on any atom is -0.352 e. The lowest BCUT2D eigenvalue weighted by Crippen LogP contribution is -2.53. The molecule has 2 amide bonds. The molecule has 3 aromatic rings. The van der Waals surface area contributed by atoms with Gasteiger partial charge in [0.25, 0.3) is 10.0 Å². The number of carbonyl (C=O) groups excluding carboxylic acids is 2. The molecule has 0 radical (unpaired) electrons. The van der Waals surface area contributed by atoms with Crippen LogP contribution in [-0.2, 0) is 26.2 Å². The zero-order valence-corrected chi connectivity index (χ0v) is 25.4. The number of sulfonamides is 1. The van der Waals surface area contributed by atoms with E-state index in [9.17, 15) is 18.0 Å². The van der Waals surface area contributed by atoms with Gasteiger partial charge in [-0.2, -0.15) is 0 Å². The van der Waals surface area contributed by atoms with Crippen LogP contribution < -0.4 is 9.62 Å². The van der Waals surface area contributed by atoms with Gasteiger partial charge in [0.1, 0.15) is 12.6 Å². The van der Waals surface area contributed by atoms with Crippen molar-refractivity contribution in [3.8, 4) is 0 Å². The predicted molar refractivity (Wildman–Crippen MR) is 163 cm³/mol. The van der Waals surface area contributed by atoms with Crippen molar-refractivity contribution in [1.82, 2.24) is 10.2 Å². The van der Waals surface area contributed by atoms with E-state index in [2.05, 4.69) is 5.32 Å². The third-order valence-electron chi connectivity index (χ3n) is 7.59. The molecule has 0 unspecified atom stereocenters. The summed E-state index contributed by atoms with van der Waals surface area (Å²) in [6, 6.07) is 19.8. The largest absolute Gasteiger partial charge is 0.352 e. The number of nitrogens with one attached hydrogen (secondary N) is 1. The normalized spacial score (nSPS) is 14.7. The summed E-state index contributed by atoms with van der Waals surface area (Å²) in [6.07, 6.45) is 5.14. The first kappa shape index (κ1) is 30.6. The maximum atomic E-state index is 14.0. The minimum absolute atomic E-state index is 0.0685. The van der Waals surface area contributed by atoms with E-state index in [1.165, 1.54) is 17.0 Å². The van der Waals surface area contributed by atoms with E-state index in [4.69, 9.17) is 11.6 Å². The molecule has 0 aliphatic heterocycles. The molecule has 0 aromatic heterocycles. The second-order valence-electron chi connectivity index (χ2n) is 10.8. The summed E-state index contributed by atoms with van der Waals surface area (Å²) in [7, 11) is -4.12. The number of hydrogen-bond donors (Lipinski definition) is 1. The lowest BCUT2D eigenvalue weighted by atomic mass is 9.95. The molecule has 7 nitrogen and oxygen atoms in total. The number of halogens is 1. The molecule has 0 spiro atoms. The Kier molecular flexibility index (Phi) is 10.1. The number of amides is 2. The van der Waals surface area contributed by atoms with E-state index < -0.39 is 28.5 Å². The van der Waals surface area contributed by atoms with Gasteiger partial charge < -0.3 is 10.2 Å². The van der Waals surface area contributed by atoms with Crippen LogP contribution in [0.2, 0.25) is 5.02 Å². The fourth-order valence-corrected chi connectivity index (χ4v) is 6.56. The molecule has 0 bridgehead atoms. The topological polar surface area (TPSA) is 86.8 Å². The van der Waals surface area contributed by atoms with Crippen LogP contribution in [0.4, 0.5) is 5.69 Å². The van der Waals surface area contributed by atoms with E-state index in [-0.39, 0.29) is 23.4 Å². The Labute approximate surface area is 248 Å². The molecular weight excluding hydrogens is 558 g/mol. The Morgan fingerprint density at radius 3 is 2.02 bits per heavy atom. The fraction of sp³-hybridized carbons (Fsp3) is 0.375. The van der Waals surface area contributed by atoms with Crippen LogP contribution in [0.1, 0.15) is 55.7 Å². The lowest BCUT2D eigenvalue weighted by molar-refractivity contribution is -0.139. The average molecular weight is 596 g/mol. The van der Waals surface area contributed by atoms with Gasteiger partial charge in [0.15, 0.2) is 0 Å². The van der Waals surface area contributed by atoms with Gasteiger partial charge in [-0.05, 0) is 75.6 Å². The predicted octanol–water partition coefficient (Wildman–Crippen LogP) is 6.02. The van der Waals surface area contributed by atoms with E-state index in [0.29, 0.717) is 10.7 Å². The maximum absolute atomic E-state index is 14.0. The molecule has 41 heavy (non-hydrogen) atoms. The molecule has 1 N–H and O–H groups in total. The third-order valence-corrected chi connectivity index (χ3v) is 9.63. The Bertz CT molecular complexity index is 1440. The highest BCUT2D eigenvalue weighted by atomic mass is 35.5. The molecule has 1 aliphatic rings. The molecule has 1 saturated carbocycles. The molecule has 9 heteroatoms. The monoisotopic (exact) mass is 595 g/mol. The van der Waals surface area contributed by atoms with Gasteiger partial charge in [-0.1, -0.05) is 78.4 Å². The fourth-order valence-electron chi connectivity index (χ4n) is 5.02. The van der Waals surface area contributed by atoms with Gasteiger partial charge in [-0.25, -0.2) is 8.42 Å². The minimum atomic E-state index is -4.12. The molecular formula is C32H38ClN3O4S. The first-order valence-electron chi connectivity index (χ1n) is 14.0. The van der Waals surface area contributed by atoms with Gasteiger partial charge in [-0.3, -0.25) is 13.9 Å². The standard InChI is InChI=1S/C32H38ClN3O4S/c1-23-9-13-26(14-10-23)21-35(25(3)32(38)34-28-7-5-4-6-8-28)31(37)22-36(29-17-15-27(33)16-18-29)41(39,40)30-19-11-24(2)12-20-30/h9-20,25,28H,4-8,21-22H2,1-3H3,(H,34,38)/t25-/m0/s1. The van der Waals surface area contributed by atoms with Crippen molar-refractivity contribution in [2.45, 2.75) is 76.4 Å². The zero-order valence-electron chi connectivity index (χ0n) is 23.8. The van der Waals surface area contributed by atoms with Crippen LogP contribution in [0.15, 0.2) is 77.7 Å². The van der Waals surface area contributed by atoms with Crippen molar-refractivity contribution in [3.63, 3.8) is 0 Å². The summed E-state index contributed by atoms with van der Waals surface area (Å²) >= 11 is 6.09. The van der Waals surface area contributed by atoms with Crippen molar-refractivity contribution in [1.29, 1.82) is 0 Å². The van der Waals surface area contributed by atoms with E-state index >= 15 is 0 Å². The van der Waals surface area contributed by atoms with E-state index in [1.54, 1.807) is 43.3 Å². The SMILES string of the molecule is Cc1ccc(CN(C(=O)CN(c2ccc(Cl)cc2)S(=O)(=O)c2ccc(C)cc2)[C@@H](C)C(=O)NC2CCCCC2)cc1. The number of benzene rings is 3. The first-order valence-corrected chi connectivity index (χ1v) is 15.9. The lowest BCUT2D eigenvalue weighted by Gasteiger charge is -2.33. The highest BCUT2D eigenvalue weighted by Gasteiger charge is 2.33. The Balaban J connectivity index is 1.66. The Hall–Kier alpha value is -3.36. The second kappa shape index (κ2) is 13.5. The van der Waals surface area contributed by atoms with E-state index in [1.807, 2.05) is 38.1 Å². The van der Waals surface area contributed by atoms with Crippen molar-refractivity contribution in [2.75, 3.05) is 10.8 Å². The summed E-state index contributed by atoms with van der Waals surface area (Å²) in [6.45, 7) is 5.24. The first-order chi connectivity index (χ1) is 19.5. The summed E-state index contributed by atoms with van der Waals surface area (Å²) in [5.41, 5.74) is 3.14. The van der Waals surface area contributed by atoms with Crippen LogP contribution in [0.5, 0.6) is 0 Å². The summed E-state index contributed by atoms with van der Waals surface area (Å²) < 4.78 is 28.9. The quantitative estimate of drug-likeness (QED) is 0.311. The average Bonchev–Trinajstić information content (AvgIpc) is 2.96. The van der Waals surface area contributed by atoms with Crippen molar-refractivity contribution in [2.24, 2.45) is 0 Å². The van der Waals surface area contributed by atoms with Crippen LogP contribution in [0, 0.1) is 13.8 Å². The molecule has 218 valence electrons. The summed E-state index contributed by atoms with van der Waals surface area (Å²) in [4.78, 5) is 29.0. The highest BCUT2D eigenvalue weighted by molar-refractivity contribution is 7.92. The van der Waals surface area contributed by atoms with Crippen LogP contribution in [0.25, 0.3) is 0 Å². The van der Waals surface area contributed by atoms with Gasteiger partial charge in [0, 0.05) is 17.6 Å². The third kappa shape index (κ3) is 7.89. The summed E-state index contributed by atoms with van der Waals surface area (Å²) in [5, 5.41) is 3.57. The van der Waals surface area contributed by atoms with Crippen LogP contribution >= 0.6 is 11.6 Å². The number of anilines is 1.